The van der Waals surface area contributed by atoms with E-state index in [1.54, 1.807) is 12.1 Å². The Morgan fingerprint density at radius 2 is 2.12 bits per heavy atom. The molecule has 0 aliphatic carbocycles. The van der Waals surface area contributed by atoms with E-state index in [1.165, 1.54) is 6.07 Å². The number of ether oxygens (including phenoxy) is 2. The van der Waals surface area contributed by atoms with E-state index in [1.807, 2.05) is 0 Å². The molecule has 0 bridgehead atoms. The minimum atomic E-state index is -1.03. The largest absolute Gasteiger partial charge is 0.489 e. The van der Waals surface area contributed by atoms with Crippen LogP contribution in [0.15, 0.2) is 18.2 Å². The van der Waals surface area contributed by atoms with E-state index in [0.29, 0.717) is 24.0 Å². The lowest BCUT2D eigenvalue weighted by atomic mass is 10.1. The van der Waals surface area contributed by atoms with Crippen LogP contribution < -0.4 is 4.74 Å². The molecular formula is C12H13ClO4. The number of carboxylic acids is 1. The number of rotatable bonds is 3. The minimum Gasteiger partial charge on any atom is -0.489 e. The average Bonchev–Trinajstić information content (AvgIpc) is 2.32. The Morgan fingerprint density at radius 3 is 2.76 bits per heavy atom. The molecule has 2 rings (SSSR count). The maximum atomic E-state index is 11.1. The van der Waals surface area contributed by atoms with E-state index >= 15 is 0 Å². The van der Waals surface area contributed by atoms with Crippen molar-refractivity contribution in [3.63, 3.8) is 0 Å². The third kappa shape index (κ3) is 3.11. The quantitative estimate of drug-likeness (QED) is 0.903. The second-order valence-electron chi connectivity index (χ2n) is 3.88. The van der Waals surface area contributed by atoms with Crippen molar-refractivity contribution in [1.29, 1.82) is 0 Å². The molecule has 0 radical (unpaired) electrons. The number of halogens is 1. The Labute approximate surface area is 104 Å². The van der Waals surface area contributed by atoms with Crippen molar-refractivity contribution in [1.82, 2.24) is 0 Å². The van der Waals surface area contributed by atoms with E-state index in [2.05, 4.69) is 0 Å². The van der Waals surface area contributed by atoms with Crippen molar-refractivity contribution in [3.8, 4) is 5.75 Å². The lowest BCUT2D eigenvalue weighted by Gasteiger charge is -2.24. The first-order valence-corrected chi connectivity index (χ1v) is 5.82. The molecule has 1 aliphatic heterocycles. The van der Waals surface area contributed by atoms with E-state index < -0.39 is 5.97 Å². The molecule has 0 amide bonds. The first-order chi connectivity index (χ1) is 8.16. The van der Waals surface area contributed by atoms with Gasteiger partial charge in [0.2, 0.25) is 0 Å². The smallest absolute Gasteiger partial charge is 0.339 e. The molecule has 1 heterocycles. The van der Waals surface area contributed by atoms with Crippen LogP contribution in [-0.2, 0) is 4.74 Å². The topological polar surface area (TPSA) is 55.8 Å². The standard InChI is InChI=1S/C12H13ClO4/c13-8-1-2-11(10(7-8)12(14)15)17-9-3-5-16-6-4-9/h1-2,7,9H,3-6H2,(H,14,15). The van der Waals surface area contributed by atoms with Gasteiger partial charge >= 0.3 is 5.97 Å². The second kappa shape index (κ2) is 5.38. The molecular weight excluding hydrogens is 244 g/mol. The predicted molar refractivity (Wildman–Crippen MR) is 62.9 cm³/mol. The van der Waals surface area contributed by atoms with Crippen molar-refractivity contribution >= 4 is 17.6 Å². The number of benzene rings is 1. The van der Waals surface area contributed by atoms with Crippen LogP contribution in [0.2, 0.25) is 5.02 Å². The average molecular weight is 257 g/mol. The van der Waals surface area contributed by atoms with Crippen LogP contribution in [0.3, 0.4) is 0 Å². The highest BCUT2D eigenvalue weighted by atomic mass is 35.5. The van der Waals surface area contributed by atoms with Crippen LogP contribution in [0.25, 0.3) is 0 Å². The molecule has 92 valence electrons. The Hall–Kier alpha value is -1.26. The van der Waals surface area contributed by atoms with Crippen molar-refractivity contribution in [3.05, 3.63) is 28.8 Å². The third-order valence-corrected chi connectivity index (χ3v) is 2.87. The Bertz CT molecular complexity index is 413. The van der Waals surface area contributed by atoms with Gasteiger partial charge < -0.3 is 14.6 Å². The van der Waals surface area contributed by atoms with E-state index in [0.717, 1.165) is 12.8 Å². The monoisotopic (exact) mass is 256 g/mol. The summed E-state index contributed by atoms with van der Waals surface area (Å²) in [5.74, 6) is -0.664. The van der Waals surface area contributed by atoms with Crippen LogP contribution in [-0.4, -0.2) is 30.4 Å². The minimum absolute atomic E-state index is 0.0167. The van der Waals surface area contributed by atoms with Crippen LogP contribution >= 0.6 is 11.6 Å². The molecule has 0 saturated carbocycles. The zero-order valence-corrected chi connectivity index (χ0v) is 9.94. The van der Waals surface area contributed by atoms with Gasteiger partial charge in [-0.15, -0.1) is 0 Å². The van der Waals surface area contributed by atoms with Gasteiger partial charge in [-0.05, 0) is 18.2 Å². The summed E-state index contributed by atoms with van der Waals surface area (Å²) in [5, 5.41) is 9.45. The van der Waals surface area contributed by atoms with E-state index in [4.69, 9.17) is 26.2 Å². The van der Waals surface area contributed by atoms with Gasteiger partial charge in [0.15, 0.2) is 0 Å². The zero-order chi connectivity index (χ0) is 12.3. The summed E-state index contributed by atoms with van der Waals surface area (Å²) in [4.78, 5) is 11.1. The van der Waals surface area contributed by atoms with Gasteiger partial charge in [0.25, 0.3) is 0 Å². The number of hydrogen-bond acceptors (Lipinski definition) is 3. The van der Waals surface area contributed by atoms with Gasteiger partial charge in [-0.2, -0.15) is 0 Å². The highest BCUT2D eigenvalue weighted by Gasteiger charge is 2.19. The molecule has 1 aliphatic rings. The summed E-state index contributed by atoms with van der Waals surface area (Å²) in [6, 6.07) is 4.63. The van der Waals surface area contributed by atoms with Crippen molar-refractivity contribution in [2.24, 2.45) is 0 Å². The lowest BCUT2D eigenvalue weighted by molar-refractivity contribution is 0.0248. The molecule has 1 N–H and O–H groups in total. The van der Waals surface area contributed by atoms with Crippen molar-refractivity contribution in [2.45, 2.75) is 18.9 Å². The normalized spacial score (nSPS) is 16.8. The summed E-state index contributed by atoms with van der Waals surface area (Å²) in [6.45, 7) is 1.31. The first kappa shape index (κ1) is 12.2. The van der Waals surface area contributed by atoms with Gasteiger partial charge in [0.1, 0.15) is 17.4 Å². The second-order valence-corrected chi connectivity index (χ2v) is 4.31. The van der Waals surface area contributed by atoms with Gasteiger partial charge in [-0.3, -0.25) is 0 Å². The van der Waals surface area contributed by atoms with Crippen molar-refractivity contribution in [2.75, 3.05) is 13.2 Å². The van der Waals surface area contributed by atoms with Crippen LogP contribution in [0, 0.1) is 0 Å². The van der Waals surface area contributed by atoms with Gasteiger partial charge in [-0.25, -0.2) is 4.79 Å². The maximum absolute atomic E-state index is 11.1. The molecule has 17 heavy (non-hydrogen) atoms. The van der Waals surface area contributed by atoms with Gasteiger partial charge in [0, 0.05) is 17.9 Å². The van der Waals surface area contributed by atoms with E-state index in [9.17, 15) is 4.79 Å². The van der Waals surface area contributed by atoms with Gasteiger partial charge in [-0.1, -0.05) is 11.6 Å². The predicted octanol–water partition coefficient (Wildman–Crippen LogP) is 2.60. The van der Waals surface area contributed by atoms with Crippen LogP contribution in [0.4, 0.5) is 0 Å². The van der Waals surface area contributed by atoms with Crippen LogP contribution in [0.1, 0.15) is 23.2 Å². The zero-order valence-electron chi connectivity index (χ0n) is 9.19. The maximum Gasteiger partial charge on any atom is 0.339 e. The molecule has 1 aromatic carbocycles. The number of hydrogen-bond donors (Lipinski definition) is 1. The molecule has 0 spiro atoms. The third-order valence-electron chi connectivity index (χ3n) is 2.63. The number of carbonyl (C=O) groups is 1. The Morgan fingerprint density at radius 1 is 1.41 bits per heavy atom. The molecule has 5 heteroatoms. The molecule has 4 nitrogen and oxygen atoms in total. The van der Waals surface area contributed by atoms with Crippen molar-refractivity contribution < 1.29 is 19.4 Å². The number of carboxylic acid groups (broad SMARTS) is 1. The molecule has 1 saturated heterocycles. The summed E-state index contributed by atoms with van der Waals surface area (Å²) in [6.07, 6.45) is 1.58. The lowest BCUT2D eigenvalue weighted by Crippen LogP contribution is -2.26. The van der Waals surface area contributed by atoms with Gasteiger partial charge in [0.05, 0.1) is 13.2 Å². The Kier molecular flexibility index (Phi) is 3.86. The summed E-state index contributed by atoms with van der Waals surface area (Å²) in [7, 11) is 0. The highest BCUT2D eigenvalue weighted by molar-refractivity contribution is 6.31. The highest BCUT2D eigenvalue weighted by Crippen LogP contribution is 2.25. The Balaban J connectivity index is 2.16. The molecule has 1 aromatic rings. The summed E-state index contributed by atoms with van der Waals surface area (Å²) in [5.41, 5.74) is 0.101. The number of aromatic carboxylic acids is 1. The molecule has 0 aromatic heterocycles. The summed E-state index contributed by atoms with van der Waals surface area (Å²) >= 11 is 5.76. The molecule has 0 unspecified atom stereocenters. The fraction of sp³-hybridized carbons (Fsp3) is 0.417. The fourth-order valence-electron chi connectivity index (χ4n) is 1.75. The molecule has 0 atom stereocenters. The SMILES string of the molecule is O=C(O)c1cc(Cl)ccc1OC1CCOCC1. The first-order valence-electron chi connectivity index (χ1n) is 5.44. The molecule has 1 fully saturated rings. The van der Waals surface area contributed by atoms with Crippen LogP contribution in [0.5, 0.6) is 5.75 Å². The van der Waals surface area contributed by atoms with E-state index in [-0.39, 0.29) is 11.7 Å². The fourth-order valence-corrected chi connectivity index (χ4v) is 1.92. The summed E-state index contributed by atoms with van der Waals surface area (Å²) < 4.78 is 10.9.